The molecule has 4 rings (SSSR count). The van der Waals surface area contributed by atoms with Crippen molar-refractivity contribution in [3.8, 4) is 5.75 Å². The highest BCUT2D eigenvalue weighted by Gasteiger charge is 2.33. The van der Waals surface area contributed by atoms with E-state index in [1.165, 1.54) is 24.8 Å². The largest absolute Gasteiger partial charge is 0.552 e. The molecule has 1 saturated carbocycles. The fraction of sp³-hybridized carbons (Fsp3) is 0.357. The van der Waals surface area contributed by atoms with Crippen LogP contribution in [0.15, 0.2) is 18.2 Å². The van der Waals surface area contributed by atoms with E-state index >= 15 is 0 Å². The molecule has 1 fully saturated rings. The molecule has 2 aliphatic rings. The van der Waals surface area contributed by atoms with Crippen LogP contribution in [-0.4, -0.2) is 22.1 Å². The van der Waals surface area contributed by atoms with Gasteiger partial charge in [0.1, 0.15) is 11.4 Å². The monoisotopic (exact) mass is 254 g/mol. The van der Waals surface area contributed by atoms with Gasteiger partial charge in [0.05, 0.1) is 5.69 Å². The van der Waals surface area contributed by atoms with Crippen LogP contribution in [-0.2, 0) is 0 Å². The van der Waals surface area contributed by atoms with Crippen LogP contribution in [0.1, 0.15) is 30.5 Å². The summed E-state index contributed by atoms with van der Waals surface area (Å²) in [4.78, 5) is 7.66. The minimum absolute atomic E-state index is 0.553. The SMILES string of the molecule is Cc1nc2[nH]ccc2c2c1OB(O)C=C2C1CCC1. The summed E-state index contributed by atoms with van der Waals surface area (Å²) < 4.78 is 5.59. The summed E-state index contributed by atoms with van der Waals surface area (Å²) in [7, 11) is -0.847. The third-order valence-corrected chi connectivity index (χ3v) is 4.22. The quantitative estimate of drug-likeness (QED) is 0.768. The molecule has 0 saturated heterocycles. The van der Waals surface area contributed by atoms with Crippen LogP contribution in [0.5, 0.6) is 5.75 Å². The Bertz CT molecular complexity index is 688. The Labute approximate surface area is 111 Å². The van der Waals surface area contributed by atoms with Gasteiger partial charge in [0.15, 0.2) is 0 Å². The van der Waals surface area contributed by atoms with Crippen LogP contribution in [0, 0.1) is 12.8 Å². The zero-order valence-corrected chi connectivity index (χ0v) is 10.8. The Balaban J connectivity index is 2.01. The van der Waals surface area contributed by atoms with Crippen molar-refractivity contribution in [2.45, 2.75) is 26.2 Å². The molecule has 1 aliphatic carbocycles. The molecule has 96 valence electrons. The van der Waals surface area contributed by atoms with Gasteiger partial charge in [-0.1, -0.05) is 6.42 Å². The zero-order chi connectivity index (χ0) is 13.0. The van der Waals surface area contributed by atoms with E-state index in [2.05, 4.69) is 9.97 Å². The van der Waals surface area contributed by atoms with Gasteiger partial charge < -0.3 is 14.7 Å². The van der Waals surface area contributed by atoms with Crippen LogP contribution >= 0.6 is 0 Å². The predicted octanol–water partition coefficient (Wildman–Crippen LogP) is 2.47. The first-order valence-corrected chi connectivity index (χ1v) is 6.78. The highest BCUT2D eigenvalue weighted by Crippen LogP contribution is 2.46. The van der Waals surface area contributed by atoms with E-state index in [0.29, 0.717) is 5.92 Å². The van der Waals surface area contributed by atoms with Crippen LogP contribution in [0.2, 0.25) is 0 Å². The summed E-state index contributed by atoms with van der Waals surface area (Å²) in [5.41, 5.74) is 4.07. The minimum Gasteiger partial charge on any atom is -0.531 e. The lowest BCUT2D eigenvalue weighted by molar-refractivity contribution is 0.390. The molecule has 0 atom stereocenters. The molecule has 2 aromatic rings. The molecular formula is C14H15BN2O2. The molecule has 4 nitrogen and oxygen atoms in total. The van der Waals surface area contributed by atoms with Crippen LogP contribution in [0.3, 0.4) is 0 Å². The summed E-state index contributed by atoms with van der Waals surface area (Å²) >= 11 is 0. The fourth-order valence-electron chi connectivity index (χ4n) is 3.06. The summed E-state index contributed by atoms with van der Waals surface area (Å²) in [6, 6.07) is 2.04. The molecule has 3 heterocycles. The lowest BCUT2D eigenvalue weighted by Crippen LogP contribution is -2.28. The number of fused-ring (bicyclic) bond motifs is 3. The number of nitrogens with zero attached hydrogens (tertiary/aromatic N) is 1. The molecule has 0 bridgehead atoms. The van der Waals surface area contributed by atoms with Gasteiger partial charge in [0.2, 0.25) is 0 Å². The maximum atomic E-state index is 9.91. The number of aromatic nitrogens is 2. The molecule has 0 amide bonds. The molecule has 2 aromatic heterocycles. The maximum absolute atomic E-state index is 9.91. The Kier molecular flexibility index (Phi) is 2.26. The first-order valence-electron chi connectivity index (χ1n) is 6.78. The third kappa shape index (κ3) is 1.54. The summed E-state index contributed by atoms with van der Waals surface area (Å²) in [6.07, 6.45) is 5.58. The number of allylic oxidation sites excluding steroid dienone is 1. The van der Waals surface area contributed by atoms with Crippen molar-refractivity contribution >= 4 is 23.7 Å². The lowest BCUT2D eigenvalue weighted by atomic mass is 9.70. The molecule has 19 heavy (non-hydrogen) atoms. The molecule has 1 aliphatic heterocycles. The van der Waals surface area contributed by atoms with Crippen LogP contribution in [0.4, 0.5) is 0 Å². The highest BCUT2D eigenvalue weighted by atomic mass is 16.5. The van der Waals surface area contributed by atoms with Gasteiger partial charge in [0.25, 0.3) is 0 Å². The van der Waals surface area contributed by atoms with E-state index in [1.54, 1.807) is 0 Å². The Morgan fingerprint density at radius 3 is 3.05 bits per heavy atom. The molecule has 2 N–H and O–H groups in total. The highest BCUT2D eigenvalue weighted by molar-refractivity contribution is 6.52. The second-order valence-electron chi connectivity index (χ2n) is 5.40. The van der Waals surface area contributed by atoms with E-state index in [4.69, 9.17) is 4.65 Å². The first-order chi connectivity index (χ1) is 9.24. The first kappa shape index (κ1) is 11.1. The molecule has 0 unspecified atom stereocenters. The third-order valence-electron chi connectivity index (χ3n) is 4.22. The number of hydrogen-bond acceptors (Lipinski definition) is 3. The van der Waals surface area contributed by atoms with Crippen LogP contribution < -0.4 is 4.65 Å². The van der Waals surface area contributed by atoms with Crippen molar-refractivity contribution in [3.63, 3.8) is 0 Å². The van der Waals surface area contributed by atoms with Gasteiger partial charge in [-0.3, -0.25) is 0 Å². The van der Waals surface area contributed by atoms with Gasteiger partial charge in [-0.15, -0.1) is 0 Å². The van der Waals surface area contributed by atoms with Crippen molar-refractivity contribution in [1.82, 2.24) is 9.97 Å². The predicted molar refractivity (Wildman–Crippen MR) is 74.7 cm³/mol. The van der Waals surface area contributed by atoms with Crippen LogP contribution in [0.25, 0.3) is 16.6 Å². The molecular weight excluding hydrogens is 239 g/mol. The Morgan fingerprint density at radius 1 is 1.47 bits per heavy atom. The van der Waals surface area contributed by atoms with Crippen molar-refractivity contribution in [3.05, 3.63) is 29.5 Å². The molecule has 0 aromatic carbocycles. The van der Waals surface area contributed by atoms with E-state index < -0.39 is 7.12 Å². The lowest BCUT2D eigenvalue weighted by Gasteiger charge is -2.33. The van der Waals surface area contributed by atoms with E-state index in [0.717, 1.165) is 28.0 Å². The van der Waals surface area contributed by atoms with Gasteiger partial charge in [0, 0.05) is 17.1 Å². The number of aromatic amines is 1. The average molecular weight is 254 g/mol. The van der Waals surface area contributed by atoms with E-state index in [-0.39, 0.29) is 0 Å². The van der Waals surface area contributed by atoms with Gasteiger partial charge >= 0.3 is 7.12 Å². The summed E-state index contributed by atoms with van der Waals surface area (Å²) in [5, 5.41) is 11.0. The average Bonchev–Trinajstić information content (AvgIpc) is 2.74. The standard InChI is InChI=1S/C14H15BN2O2/c1-8-13-12(10-5-6-16-14(10)17-8)11(7-15(18)19-13)9-3-2-4-9/h5-7,9,18H,2-4H2,1H3,(H,16,17). The minimum atomic E-state index is -0.847. The number of hydrogen-bond donors (Lipinski definition) is 2. The van der Waals surface area contributed by atoms with Gasteiger partial charge in [-0.25, -0.2) is 4.98 Å². The van der Waals surface area contributed by atoms with Gasteiger partial charge in [-0.05, 0) is 43.3 Å². The Hall–Kier alpha value is -1.75. The number of aryl methyl sites for hydroxylation is 1. The summed E-state index contributed by atoms with van der Waals surface area (Å²) in [5.74, 6) is 3.15. The van der Waals surface area contributed by atoms with Gasteiger partial charge in [-0.2, -0.15) is 0 Å². The fourth-order valence-corrected chi connectivity index (χ4v) is 3.06. The van der Waals surface area contributed by atoms with E-state index in [9.17, 15) is 5.02 Å². The van der Waals surface area contributed by atoms with E-state index in [1.807, 2.05) is 25.2 Å². The zero-order valence-electron chi connectivity index (χ0n) is 10.8. The number of H-pyrrole nitrogens is 1. The molecule has 5 heteroatoms. The second kappa shape index (κ2) is 3.87. The topological polar surface area (TPSA) is 58.1 Å². The normalized spacial score (nSPS) is 18.8. The van der Waals surface area contributed by atoms with Crippen molar-refractivity contribution in [2.24, 2.45) is 5.92 Å². The van der Waals surface area contributed by atoms with Crippen molar-refractivity contribution in [2.75, 3.05) is 0 Å². The molecule has 0 radical (unpaired) electrons. The number of rotatable bonds is 1. The number of nitrogens with one attached hydrogen (secondary N) is 1. The second-order valence-corrected chi connectivity index (χ2v) is 5.40. The smallest absolute Gasteiger partial charge is 0.531 e. The van der Waals surface area contributed by atoms with Crippen molar-refractivity contribution in [1.29, 1.82) is 0 Å². The summed E-state index contributed by atoms with van der Waals surface area (Å²) in [6.45, 7) is 1.93. The molecule has 0 spiro atoms. The number of pyridine rings is 1. The van der Waals surface area contributed by atoms with Crippen molar-refractivity contribution < 1.29 is 9.68 Å². The Morgan fingerprint density at radius 2 is 2.32 bits per heavy atom. The maximum Gasteiger partial charge on any atom is 0.552 e.